The third-order valence-corrected chi connectivity index (χ3v) is 5.56. The van der Waals surface area contributed by atoms with Gasteiger partial charge in [0.2, 0.25) is 5.91 Å². The van der Waals surface area contributed by atoms with E-state index in [2.05, 4.69) is 10.4 Å². The number of carbonyl (C=O) groups is 2. The van der Waals surface area contributed by atoms with Crippen LogP contribution in [0.1, 0.15) is 34.9 Å². The van der Waals surface area contributed by atoms with Crippen molar-refractivity contribution in [2.24, 2.45) is 0 Å². The minimum atomic E-state index is -0.242. The SMILES string of the molecule is O=C(Cn1nc(C(=O)N2CCOCC2)cc1C1CC1)Nc1ccc(Cl)c(Cl)c1. The largest absolute Gasteiger partial charge is 0.378 e. The molecule has 2 heterocycles. The molecule has 0 radical (unpaired) electrons. The fourth-order valence-corrected chi connectivity index (χ4v) is 3.51. The van der Waals surface area contributed by atoms with Crippen LogP contribution in [0.15, 0.2) is 24.3 Å². The number of benzene rings is 1. The van der Waals surface area contributed by atoms with Gasteiger partial charge in [-0.15, -0.1) is 0 Å². The molecule has 9 heteroatoms. The lowest BCUT2D eigenvalue weighted by Crippen LogP contribution is -2.40. The highest BCUT2D eigenvalue weighted by atomic mass is 35.5. The van der Waals surface area contributed by atoms with Crippen LogP contribution in [0.25, 0.3) is 0 Å². The fraction of sp³-hybridized carbons (Fsp3) is 0.421. The van der Waals surface area contributed by atoms with Crippen LogP contribution < -0.4 is 5.32 Å². The van der Waals surface area contributed by atoms with Crippen molar-refractivity contribution in [1.82, 2.24) is 14.7 Å². The monoisotopic (exact) mass is 422 g/mol. The Morgan fingerprint density at radius 1 is 1.14 bits per heavy atom. The third kappa shape index (κ3) is 4.32. The van der Waals surface area contributed by atoms with Crippen molar-refractivity contribution in [2.75, 3.05) is 31.6 Å². The summed E-state index contributed by atoms with van der Waals surface area (Å²) >= 11 is 11.9. The Labute approximate surface area is 172 Å². The lowest BCUT2D eigenvalue weighted by molar-refractivity contribution is -0.116. The van der Waals surface area contributed by atoms with E-state index in [1.807, 2.05) is 6.07 Å². The van der Waals surface area contributed by atoms with E-state index >= 15 is 0 Å². The highest BCUT2D eigenvalue weighted by molar-refractivity contribution is 6.42. The number of ether oxygens (including phenoxy) is 1. The van der Waals surface area contributed by atoms with Crippen molar-refractivity contribution in [3.63, 3.8) is 0 Å². The van der Waals surface area contributed by atoms with Gasteiger partial charge >= 0.3 is 0 Å². The van der Waals surface area contributed by atoms with E-state index in [9.17, 15) is 9.59 Å². The average molecular weight is 423 g/mol. The van der Waals surface area contributed by atoms with E-state index in [1.165, 1.54) is 0 Å². The summed E-state index contributed by atoms with van der Waals surface area (Å²) in [5.74, 6) is -0.000817. The van der Waals surface area contributed by atoms with Crippen LogP contribution in [-0.2, 0) is 16.1 Å². The van der Waals surface area contributed by atoms with Crippen molar-refractivity contribution in [3.05, 3.63) is 45.7 Å². The molecule has 0 unspecified atom stereocenters. The van der Waals surface area contributed by atoms with Crippen LogP contribution in [0.5, 0.6) is 0 Å². The van der Waals surface area contributed by atoms with Gasteiger partial charge in [-0.1, -0.05) is 23.2 Å². The van der Waals surface area contributed by atoms with E-state index in [0.717, 1.165) is 18.5 Å². The number of anilines is 1. The molecule has 2 aliphatic rings. The number of hydrogen-bond acceptors (Lipinski definition) is 4. The Balaban J connectivity index is 1.48. The zero-order valence-corrected chi connectivity index (χ0v) is 16.7. The summed E-state index contributed by atoms with van der Waals surface area (Å²) in [6.45, 7) is 2.22. The lowest BCUT2D eigenvalue weighted by Gasteiger charge is -2.25. The number of morpholine rings is 1. The summed E-state index contributed by atoms with van der Waals surface area (Å²) < 4.78 is 6.93. The summed E-state index contributed by atoms with van der Waals surface area (Å²) in [5.41, 5.74) is 1.87. The molecule has 0 atom stereocenters. The second kappa shape index (κ2) is 8.11. The fourth-order valence-electron chi connectivity index (χ4n) is 3.21. The number of amides is 2. The Kier molecular flexibility index (Phi) is 5.57. The van der Waals surface area contributed by atoms with Crippen molar-refractivity contribution < 1.29 is 14.3 Å². The molecule has 1 aliphatic carbocycles. The summed E-state index contributed by atoms with van der Waals surface area (Å²) in [6, 6.07) is 6.73. The molecular formula is C19H20Cl2N4O3. The van der Waals surface area contributed by atoms with E-state index in [1.54, 1.807) is 27.8 Å². The predicted molar refractivity (Wildman–Crippen MR) is 106 cm³/mol. The van der Waals surface area contributed by atoms with Crippen LogP contribution in [0.4, 0.5) is 5.69 Å². The number of nitrogens with zero attached hydrogens (tertiary/aromatic N) is 3. The molecule has 1 saturated carbocycles. The third-order valence-electron chi connectivity index (χ3n) is 4.82. The molecule has 7 nitrogen and oxygen atoms in total. The Morgan fingerprint density at radius 3 is 2.57 bits per heavy atom. The first kappa shape index (κ1) is 19.2. The minimum absolute atomic E-state index is 0.0302. The van der Waals surface area contributed by atoms with Gasteiger partial charge in [0.1, 0.15) is 6.54 Å². The molecule has 1 N–H and O–H groups in total. The van der Waals surface area contributed by atoms with Crippen LogP contribution in [0, 0.1) is 0 Å². The molecule has 1 aromatic carbocycles. The zero-order chi connectivity index (χ0) is 19.7. The molecule has 1 aliphatic heterocycles. The molecule has 148 valence electrons. The molecule has 2 fully saturated rings. The summed E-state index contributed by atoms with van der Waals surface area (Å²) in [7, 11) is 0. The predicted octanol–water partition coefficient (Wildman–Crippen LogP) is 3.18. The van der Waals surface area contributed by atoms with Crippen LogP contribution >= 0.6 is 23.2 Å². The normalized spacial score (nSPS) is 16.9. The van der Waals surface area contributed by atoms with E-state index < -0.39 is 0 Å². The zero-order valence-electron chi connectivity index (χ0n) is 15.2. The van der Waals surface area contributed by atoms with Gasteiger partial charge in [0.05, 0.1) is 23.3 Å². The van der Waals surface area contributed by atoms with E-state index in [-0.39, 0.29) is 18.4 Å². The van der Waals surface area contributed by atoms with Gasteiger partial charge in [-0.3, -0.25) is 14.3 Å². The van der Waals surface area contributed by atoms with Gasteiger partial charge in [0.15, 0.2) is 5.69 Å². The maximum atomic E-state index is 12.7. The summed E-state index contributed by atoms with van der Waals surface area (Å²) in [4.78, 5) is 27.0. The van der Waals surface area contributed by atoms with Gasteiger partial charge in [-0.25, -0.2) is 0 Å². The van der Waals surface area contributed by atoms with Crippen LogP contribution in [0.3, 0.4) is 0 Å². The summed E-state index contributed by atoms with van der Waals surface area (Å²) in [5, 5.41) is 8.02. The Morgan fingerprint density at radius 2 is 1.89 bits per heavy atom. The van der Waals surface area contributed by atoms with E-state index in [0.29, 0.717) is 53.6 Å². The van der Waals surface area contributed by atoms with Gasteiger partial charge in [-0.2, -0.15) is 5.10 Å². The Bertz CT molecular complexity index is 905. The number of nitrogens with one attached hydrogen (secondary N) is 1. The molecule has 4 rings (SSSR count). The lowest BCUT2D eigenvalue weighted by atomic mass is 10.2. The van der Waals surface area contributed by atoms with Crippen molar-refractivity contribution in [3.8, 4) is 0 Å². The second-order valence-corrected chi connectivity index (χ2v) is 7.78. The second-order valence-electron chi connectivity index (χ2n) is 6.97. The van der Waals surface area contributed by atoms with Crippen molar-refractivity contribution in [1.29, 1.82) is 0 Å². The smallest absolute Gasteiger partial charge is 0.274 e. The number of halogens is 2. The maximum Gasteiger partial charge on any atom is 0.274 e. The van der Waals surface area contributed by atoms with Crippen molar-refractivity contribution in [2.45, 2.75) is 25.3 Å². The minimum Gasteiger partial charge on any atom is -0.378 e. The molecular weight excluding hydrogens is 403 g/mol. The average Bonchev–Trinajstić information content (AvgIpc) is 3.45. The highest BCUT2D eigenvalue weighted by Crippen LogP contribution is 2.40. The van der Waals surface area contributed by atoms with E-state index in [4.69, 9.17) is 27.9 Å². The maximum absolute atomic E-state index is 12.7. The first-order valence-corrected chi connectivity index (χ1v) is 9.96. The molecule has 1 aromatic heterocycles. The number of aromatic nitrogens is 2. The quantitative estimate of drug-likeness (QED) is 0.802. The molecule has 2 aromatic rings. The van der Waals surface area contributed by atoms with Crippen LogP contribution in [0.2, 0.25) is 10.0 Å². The molecule has 1 saturated heterocycles. The van der Waals surface area contributed by atoms with Gasteiger partial charge in [0, 0.05) is 30.4 Å². The molecule has 2 amide bonds. The Hall–Kier alpha value is -2.09. The highest BCUT2D eigenvalue weighted by Gasteiger charge is 2.31. The summed E-state index contributed by atoms with van der Waals surface area (Å²) in [6.07, 6.45) is 2.09. The standard InChI is InChI=1S/C19H20Cl2N4O3/c20-14-4-3-13(9-15(14)21)22-18(26)11-25-17(12-1-2-12)10-16(23-25)19(27)24-5-7-28-8-6-24/h3-4,9-10,12H,1-2,5-8,11H2,(H,22,26). The van der Waals surface area contributed by atoms with Crippen LogP contribution in [-0.4, -0.2) is 52.8 Å². The number of carbonyl (C=O) groups excluding carboxylic acids is 2. The molecule has 0 spiro atoms. The van der Waals surface area contributed by atoms with Gasteiger partial charge in [-0.05, 0) is 37.1 Å². The number of rotatable bonds is 5. The first-order chi connectivity index (χ1) is 13.5. The molecule has 28 heavy (non-hydrogen) atoms. The number of hydrogen-bond donors (Lipinski definition) is 1. The topological polar surface area (TPSA) is 76.5 Å². The molecule has 0 bridgehead atoms. The van der Waals surface area contributed by atoms with Gasteiger partial charge < -0.3 is 15.0 Å². The van der Waals surface area contributed by atoms with Crippen molar-refractivity contribution >= 4 is 40.7 Å². The van der Waals surface area contributed by atoms with Gasteiger partial charge in [0.25, 0.3) is 5.91 Å². The first-order valence-electron chi connectivity index (χ1n) is 9.21.